The van der Waals surface area contributed by atoms with E-state index in [2.05, 4.69) is 16.2 Å². The molecule has 0 spiro atoms. The molecule has 13 heavy (non-hydrogen) atoms. The number of amides is 2. The smallest absolute Gasteiger partial charge is 0.333 e. The van der Waals surface area contributed by atoms with Crippen LogP contribution in [0.25, 0.3) is 0 Å². The van der Waals surface area contributed by atoms with Crippen molar-refractivity contribution in [1.29, 1.82) is 0 Å². The molecule has 1 rings (SSSR count). The van der Waals surface area contributed by atoms with Gasteiger partial charge < -0.3 is 5.32 Å². The second-order valence-electron chi connectivity index (χ2n) is 2.31. The summed E-state index contributed by atoms with van der Waals surface area (Å²) in [6.07, 6.45) is 0. The number of carbonyl (C=O) groups excluding carboxylic acids is 1. The Labute approximate surface area is 81.2 Å². The SMILES string of the molecule is CNC(=O)NNc1ccccc1Cl. The van der Waals surface area contributed by atoms with E-state index in [1.165, 1.54) is 7.05 Å². The second kappa shape index (κ2) is 4.57. The minimum atomic E-state index is -0.320. The molecule has 5 heteroatoms. The molecule has 0 atom stereocenters. The molecule has 70 valence electrons. The van der Waals surface area contributed by atoms with Crippen molar-refractivity contribution >= 4 is 23.3 Å². The van der Waals surface area contributed by atoms with Crippen LogP contribution in [0, 0.1) is 0 Å². The molecule has 0 aliphatic carbocycles. The van der Waals surface area contributed by atoms with Gasteiger partial charge in [0.1, 0.15) is 0 Å². The summed E-state index contributed by atoms with van der Waals surface area (Å²) in [4.78, 5) is 10.8. The molecule has 0 heterocycles. The summed E-state index contributed by atoms with van der Waals surface area (Å²) in [6, 6.07) is 6.81. The largest absolute Gasteiger partial charge is 0.340 e. The Kier molecular flexibility index (Phi) is 3.40. The molecule has 0 radical (unpaired) electrons. The third-order valence-electron chi connectivity index (χ3n) is 1.41. The van der Waals surface area contributed by atoms with E-state index in [0.717, 1.165) is 0 Å². The van der Waals surface area contributed by atoms with Gasteiger partial charge in [-0.25, -0.2) is 4.79 Å². The quantitative estimate of drug-likeness (QED) is 0.634. The lowest BCUT2D eigenvalue weighted by Gasteiger charge is -2.08. The highest BCUT2D eigenvalue weighted by Crippen LogP contribution is 2.18. The highest BCUT2D eigenvalue weighted by atomic mass is 35.5. The monoisotopic (exact) mass is 199 g/mol. The minimum absolute atomic E-state index is 0.320. The van der Waals surface area contributed by atoms with Crippen LogP contribution in [0.3, 0.4) is 0 Å². The van der Waals surface area contributed by atoms with Gasteiger partial charge in [0.15, 0.2) is 0 Å². The molecule has 2 amide bonds. The van der Waals surface area contributed by atoms with Gasteiger partial charge in [0.05, 0.1) is 10.7 Å². The number of para-hydroxylation sites is 1. The third kappa shape index (κ3) is 2.83. The molecule has 0 saturated carbocycles. The van der Waals surface area contributed by atoms with Crippen molar-refractivity contribution in [3.63, 3.8) is 0 Å². The zero-order valence-corrected chi connectivity index (χ0v) is 7.85. The van der Waals surface area contributed by atoms with Gasteiger partial charge in [-0.05, 0) is 12.1 Å². The molecule has 0 aromatic heterocycles. The normalized spacial score (nSPS) is 9.08. The maximum atomic E-state index is 10.8. The van der Waals surface area contributed by atoms with E-state index in [1.54, 1.807) is 12.1 Å². The van der Waals surface area contributed by atoms with Crippen molar-refractivity contribution in [1.82, 2.24) is 10.7 Å². The summed E-state index contributed by atoms with van der Waals surface area (Å²) in [7, 11) is 1.53. The highest BCUT2D eigenvalue weighted by Gasteiger charge is 1.98. The first-order valence-corrected chi connectivity index (χ1v) is 4.10. The van der Waals surface area contributed by atoms with Gasteiger partial charge in [-0.1, -0.05) is 23.7 Å². The van der Waals surface area contributed by atoms with Crippen LogP contribution in [0.15, 0.2) is 24.3 Å². The molecule has 0 aliphatic heterocycles. The molecule has 1 aromatic rings. The zero-order valence-electron chi connectivity index (χ0n) is 7.10. The van der Waals surface area contributed by atoms with Gasteiger partial charge >= 0.3 is 6.03 Å². The van der Waals surface area contributed by atoms with Gasteiger partial charge in [0.25, 0.3) is 0 Å². The number of rotatable bonds is 2. The first-order valence-electron chi connectivity index (χ1n) is 3.72. The van der Waals surface area contributed by atoms with Crippen molar-refractivity contribution in [3.8, 4) is 0 Å². The van der Waals surface area contributed by atoms with Crippen LogP contribution in [0.1, 0.15) is 0 Å². The zero-order chi connectivity index (χ0) is 9.68. The summed E-state index contributed by atoms with van der Waals surface area (Å²) in [6.45, 7) is 0. The number of anilines is 1. The Morgan fingerprint density at radius 3 is 2.69 bits per heavy atom. The molecule has 0 unspecified atom stereocenters. The summed E-state index contributed by atoms with van der Waals surface area (Å²) in [5.74, 6) is 0. The molecular weight excluding hydrogens is 190 g/mol. The van der Waals surface area contributed by atoms with Gasteiger partial charge in [0.2, 0.25) is 0 Å². The van der Waals surface area contributed by atoms with Crippen molar-refractivity contribution in [2.24, 2.45) is 0 Å². The Hall–Kier alpha value is -1.42. The number of nitrogens with one attached hydrogen (secondary N) is 3. The number of hydrazine groups is 1. The van der Waals surface area contributed by atoms with Crippen LogP contribution >= 0.6 is 11.6 Å². The summed E-state index contributed by atoms with van der Waals surface area (Å²) in [5, 5.41) is 2.95. The van der Waals surface area contributed by atoms with E-state index in [9.17, 15) is 4.79 Å². The van der Waals surface area contributed by atoms with Crippen molar-refractivity contribution in [2.45, 2.75) is 0 Å². The number of urea groups is 1. The predicted octanol–water partition coefficient (Wildman–Crippen LogP) is 1.60. The molecule has 1 aromatic carbocycles. The predicted molar refractivity (Wildman–Crippen MR) is 52.7 cm³/mol. The maximum absolute atomic E-state index is 10.8. The molecule has 0 bridgehead atoms. The third-order valence-corrected chi connectivity index (χ3v) is 1.74. The molecule has 0 fully saturated rings. The summed E-state index contributed by atoms with van der Waals surface area (Å²) >= 11 is 5.82. The van der Waals surface area contributed by atoms with Crippen LogP contribution in [-0.4, -0.2) is 13.1 Å². The van der Waals surface area contributed by atoms with Gasteiger partial charge in [0, 0.05) is 7.05 Å². The Bertz CT molecular complexity index is 303. The van der Waals surface area contributed by atoms with Crippen molar-refractivity contribution in [2.75, 3.05) is 12.5 Å². The van der Waals surface area contributed by atoms with E-state index in [1.807, 2.05) is 12.1 Å². The van der Waals surface area contributed by atoms with E-state index in [4.69, 9.17) is 11.6 Å². The maximum Gasteiger partial charge on any atom is 0.333 e. The van der Waals surface area contributed by atoms with Crippen LogP contribution in [0.4, 0.5) is 10.5 Å². The van der Waals surface area contributed by atoms with Crippen LogP contribution in [0.2, 0.25) is 5.02 Å². The summed E-state index contributed by atoms with van der Waals surface area (Å²) < 4.78 is 0. The number of benzene rings is 1. The van der Waals surface area contributed by atoms with Crippen LogP contribution in [0.5, 0.6) is 0 Å². The Morgan fingerprint density at radius 1 is 1.38 bits per heavy atom. The topological polar surface area (TPSA) is 53.2 Å². The number of carbonyl (C=O) groups is 1. The summed E-state index contributed by atoms with van der Waals surface area (Å²) in [5.41, 5.74) is 5.73. The lowest BCUT2D eigenvalue weighted by Crippen LogP contribution is -2.36. The lowest BCUT2D eigenvalue weighted by atomic mass is 10.3. The first kappa shape index (κ1) is 9.67. The van der Waals surface area contributed by atoms with E-state index in [0.29, 0.717) is 10.7 Å². The average Bonchev–Trinajstić information content (AvgIpc) is 2.16. The molecular formula is C8H10ClN3O. The van der Waals surface area contributed by atoms with Crippen molar-refractivity contribution < 1.29 is 4.79 Å². The molecule has 0 saturated heterocycles. The molecule has 3 N–H and O–H groups in total. The van der Waals surface area contributed by atoms with Gasteiger partial charge in [-0.15, -0.1) is 0 Å². The number of hydrogen-bond acceptors (Lipinski definition) is 2. The Balaban J connectivity index is 2.54. The second-order valence-corrected chi connectivity index (χ2v) is 2.72. The standard InChI is InChI=1S/C8H10ClN3O/c1-10-8(13)12-11-7-5-3-2-4-6(7)9/h2-5,11H,1H3,(H2,10,12,13). The van der Waals surface area contributed by atoms with Gasteiger partial charge in [-0.2, -0.15) is 0 Å². The lowest BCUT2D eigenvalue weighted by molar-refractivity contribution is 0.245. The van der Waals surface area contributed by atoms with E-state index >= 15 is 0 Å². The Morgan fingerprint density at radius 2 is 2.08 bits per heavy atom. The fraction of sp³-hybridized carbons (Fsp3) is 0.125. The number of hydrogen-bond donors (Lipinski definition) is 3. The van der Waals surface area contributed by atoms with Crippen LogP contribution in [-0.2, 0) is 0 Å². The van der Waals surface area contributed by atoms with Crippen LogP contribution < -0.4 is 16.2 Å². The highest BCUT2D eigenvalue weighted by molar-refractivity contribution is 6.33. The van der Waals surface area contributed by atoms with E-state index in [-0.39, 0.29) is 6.03 Å². The first-order chi connectivity index (χ1) is 6.24. The number of halogens is 1. The molecule has 0 aliphatic rings. The fourth-order valence-electron chi connectivity index (χ4n) is 0.749. The van der Waals surface area contributed by atoms with Gasteiger partial charge in [-0.3, -0.25) is 10.9 Å². The molecule has 4 nitrogen and oxygen atoms in total. The van der Waals surface area contributed by atoms with E-state index < -0.39 is 0 Å². The minimum Gasteiger partial charge on any atom is -0.340 e. The van der Waals surface area contributed by atoms with Crippen molar-refractivity contribution in [3.05, 3.63) is 29.3 Å². The fourth-order valence-corrected chi connectivity index (χ4v) is 0.932. The average molecular weight is 200 g/mol.